The lowest BCUT2D eigenvalue weighted by molar-refractivity contribution is -0.0207. The highest BCUT2D eigenvalue weighted by Gasteiger charge is 2.28. The molecule has 3 unspecified atom stereocenters. The summed E-state index contributed by atoms with van der Waals surface area (Å²) in [5, 5.41) is 0. The second-order valence-corrected chi connectivity index (χ2v) is 6.93. The zero-order chi connectivity index (χ0) is 15.2. The van der Waals surface area contributed by atoms with E-state index in [0.29, 0.717) is 12.1 Å². The van der Waals surface area contributed by atoms with Crippen LogP contribution in [0, 0.1) is 5.92 Å². The lowest BCUT2D eigenvalue weighted by atomic mass is 9.92. The Morgan fingerprint density at radius 1 is 1.18 bits per heavy atom. The van der Waals surface area contributed by atoms with E-state index < -0.39 is 0 Å². The molecule has 3 atom stereocenters. The van der Waals surface area contributed by atoms with Crippen LogP contribution in [0.15, 0.2) is 24.5 Å². The zero-order valence-electron chi connectivity index (χ0n) is 13.9. The maximum atomic E-state index is 5.86. The summed E-state index contributed by atoms with van der Waals surface area (Å²) in [4.78, 5) is 6.95. The molecule has 1 aromatic rings. The molecule has 3 heterocycles. The molecule has 0 aliphatic carbocycles. The highest BCUT2D eigenvalue weighted by molar-refractivity contribution is 5.15. The van der Waals surface area contributed by atoms with Crippen LogP contribution in [0.4, 0.5) is 0 Å². The summed E-state index contributed by atoms with van der Waals surface area (Å²) in [5.41, 5.74) is 1.45. The number of aromatic nitrogens is 1. The van der Waals surface area contributed by atoms with E-state index in [9.17, 15) is 0 Å². The summed E-state index contributed by atoms with van der Waals surface area (Å²) < 4.78 is 5.86. The number of hydrogen-bond acceptors (Lipinski definition) is 3. The molecule has 2 aliphatic rings. The third kappa shape index (κ3) is 4.08. The molecule has 0 saturated carbocycles. The first-order chi connectivity index (χ1) is 10.9. The zero-order valence-corrected chi connectivity index (χ0v) is 13.9. The summed E-state index contributed by atoms with van der Waals surface area (Å²) in [7, 11) is 0. The van der Waals surface area contributed by atoms with Gasteiger partial charge in [-0.3, -0.25) is 9.88 Å². The number of nitrogens with zero attached hydrogens (tertiary/aromatic N) is 2. The van der Waals surface area contributed by atoms with Gasteiger partial charge in [0.25, 0.3) is 0 Å². The molecule has 3 rings (SSSR count). The van der Waals surface area contributed by atoms with Gasteiger partial charge in [0.2, 0.25) is 0 Å². The highest BCUT2D eigenvalue weighted by atomic mass is 16.5. The molecule has 2 aliphatic heterocycles. The number of ether oxygens (including phenoxy) is 1. The van der Waals surface area contributed by atoms with Crippen LogP contribution in [-0.4, -0.2) is 35.7 Å². The maximum absolute atomic E-state index is 5.86. The fourth-order valence-corrected chi connectivity index (χ4v) is 4.09. The third-order valence-electron chi connectivity index (χ3n) is 5.38. The SMILES string of the molecule is CCC1CC(CN2CCCCCC2c2ccncc2)CCO1. The summed E-state index contributed by atoms with van der Waals surface area (Å²) in [5.74, 6) is 0.807. The molecule has 2 fully saturated rings. The van der Waals surface area contributed by atoms with Gasteiger partial charge < -0.3 is 4.74 Å². The van der Waals surface area contributed by atoms with Crippen LogP contribution >= 0.6 is 0 Å². The van der Waals surface area contributed by atoms with E-state index in [-0.39, 0.29) is 0 Å². The van der Waals surface area contributed by atoms with Gasteiger partial charge >= 0.3 is 0 Å². The van der Waals surface area contributed by atoms with Crippen molar-refractivity contribution in [3.8, 4) is 0 Å². The van der Waals surface area contributed by atoms with Gasteiger partial charge in [-0.2, -0.15) is 0 Å². The van der Waals surface area contributed by atoms with E-state index in [4.69, 9.17) is 4.74 Å². The van der Waals surface area contributed by atoms with Gasteiger partial charge in [0, 0.05) is 31.6 Å². The number of likely N-dealkylation sites (tertiary alicyclic amines) is 1. The molecular formula is C19H30N2O. The van der Waals surface area contributed by atoms with Crippen molar-refractivity contribution in [1.82, 2.24) is 9.88 Å². The van der Waals surface area contributed by atoms with Gasteiger partial charge in [-0.1, -0.05) is 19.8 Å². The second-order valence-electron chi connectivity index (χ2n) is 6.93. The van der Waals surface area contributed by atoms with Crippen LogP contribution in [-0.2, 0) is 4.74 Å². The summed E-state index contributed by atoms with van der Waals surface area (Å²) >= 11 is 0. The van der Waals surface area contributed by atoms with Gasteiger partial charge in [-0.15, -0.1) is 0 Å². The molecule has 0 N–H and O–H groups in total. The summed E-state index contributed by atoms with van der Waals surface area (Å²) in [6.45, 7) is 5.70. The molecule has 22 heavy (non-hydrogen) atoms. The van der Waals surface area contributed by atoms with Crippen LogP contribution in [0.3, 0.4) is 0 Å². The Morgan fingerprint density at radius 2 is 2.05 bits per heavy atom. The van der Waals surface area contributed by atoms with Crippen molar-refractivity contribution < 1.29 is 4.74 Å². The lowest BCUT2D eigenvalue weighted by Gasteiger charge is -2.36. The second kappa shape index (κ2) is 8.07. The molecule has 0 amide bonds. The largest absolute Gasteiger partial charge is 0.378 e. The van der Waals surface area contributed by atoms with Crippen molar-refractivity contribution >= 4 is 0 Å². The van der Waals surface area contributed by atoms with Gasteiger partial charge in [0.15, 0.2) is 0 Å². The minimum absolute atomic E-state index is 0.491. The quantitative estimate of drug-likeness (QED) is 0.833. The average molecular weight is 302 g/mol. The van der Waals surface area contributed by atoms with Crippen molar-refractivity contribution in [3.63, 3.8) is 0 Å². The van der Waals surface area contributed by atoms with E-state index >= 15 is 0 Å². The first-order valence-corrected chi connectivity index (χ1v) is 9.12. The van der Waals surface area contributed by atoms with Crippen LogP contribution in [0.25, 0.3) is 0 Å². The molecule has 0 aromatic carbocycles. The van der Waals surface area contributed by atoms with Crippen molar-refractivity contribution in [2.45, 2.75) is 64.0 Å². The van der Waals surface area contributed by atoms with Crippen LogP contribution in [0.1, 0.15) is 63.5 Å². The Hall–Kier alpha value is -0.930. The van der Waals surface area contributed by atoms with Gasteiger partial charge in [0.05, 0.1) is 6.10 Å². The number of rotatable bonds is 4. The topological polar surface area (TPSA) is 25.4 Å². The molecule has 0 radical (unpaired) electrons. The summed E-state index contributed by atoms with van der Waals surface area (Å²) in [6.07, 6.45) is 13.4. The lowest BCUT2D eigenvalue weighted by Crippen LogP contribution is -2.37. The summed E-state index contributed by atoms with van der Waals surface area (Å²) in [6, 6.07) is 5.01. The average Bonchev–Trinajstić information content (AvgIpc) is 2.81. The normalized spacial score (nSPS) is 30.9. The first-order valence-electron chi connectivity index (χ1n) is 9.12. The van der Waals surface area contributed by atoms with E-state index in [0.717, 1.165) is 18.9 Å². The van der Waals surface area contributed by atoms with Gasteiger partial charge in [-0.05, 0) is 62.3 Å². The Kier molecular flexibility index (Phi) is 5.85. The van der Waals surface area contributed by atoms with Crippen molar-refractivity contribution in [3.05, 3.63) is 30.1 Å². The predicted molar refractivity (Wildman–Crippen MR) is 89.8 cm³/mol. The Morgan fingerprint density at radius 3 is 2.86 bits per heavy atom. The third-order valence-corrected chi connectivity index (χ3v) is 5.38. The fourth-order valence-electron chi connectivity index (χ4n) is 4.09. The Bertz CT molecular complexity index is 436. The molecule has 0 bridgehead atoms. The van der Waals surface area contributed by atoms with Crippen molar-refractivity contribution in [2.24, 2.45) is 5.92 Å². The molecule has 3 nitrogen and oxygen atoms in total. The maximum Gasteiger partial charge on any atom is 0.0575 e. The number of pyridine rings is 1. The molecule has 0 spiro atoms. The van der Waals surface area contributed by atoms with Gasteiger partial charge in [-0.25, -0.2) is 0 Å². The first kappa shape index (κ1) is 15.9. The molecular weight excluding hydrogens is 272 g/mol. The Labute approximate surface area is 135 Å². The van der Waals surface area contributed by atoms with Crippen LogP contribution in [0.2, 0.25) is 0 Å². The molecule has 122 valence electrons. The minimum Gasteiger partial charge on any atom is -0.378 e. The predicted octanol–water partition coefficient (Wildman–Crippen LogP) is 4.20. The smallest absolute Gasteiger partial charge is 0.0575 e. The molecule has 3 heteroatoms. The monoisotopic (exact) mass is 302 g/mol. The highest BCUT2D eigenvalue weighted by Crippen LogP contribution is 2.32. The molecule has 2 saturated heterocycles. The number of hydrogen-bond donors (Lipinski definition) is 0. The van der Waals surface area contributed by atoms with E-state index in [2.05, 4.69) is 28.9 Å². The molecule has 1 aromatic heterocycles. The van der Waals surface area contributed by atoms with Crippen molar-refractivity contribution in [2.75, 3.05) is 19.7 Å². The minimum atomic E-state index is 0.491. The van der Waals surface area contributed by atoms with E-state index in [1.54, 1.807) is 0 Å². The van der Waals surface area contributed by atoms with E-state index in [1.165, 1.54) is 57.2 Å². The van der Waals surface area contributed by atoms with E-state index in [1.807, 2.05) is 12.4 Å². The Balaban J connectivity index is 1.68. The van der Waals surface area contributed by atoms with Crippen LogP contribution in [0.5, 0.6) is 0 Å². The van der Waals surface area contributed by atoms with Gasteiger partial charge in [0.1, 0.15) is 0 Å². The van der Waals surface area contributed by atoms with Crippen molar-refractivity contribution in [1.29, 1.82) is 0 Å². The van der Waals surface area contributed by atoms with Crippen LogP contribution < -0.4 is 0 Å². The fraction of sp³-hybridized carbons (Fsp3) is 0.737. The standard InChI is InChI=1S/C19H30N2O/c1-2-18-14-16(9-13-22-18)15-21-12-5-3-4-6-19(21)17-7-10-20-11-8-17/h7-8,10-11,16,18-19H,2-6,9,12-15H2,1H3.